The van der Waals surface area contributed by atoms with Gasteiger partial charge in [0.05, 0.1) is 12.7 Å². The number of ether oxygens (including phenoxy) is 2. The molecule has 0 aliphatic rings. The van der Waals surface area contributed by atoms with Crippen LogP contribution in [0.2, 0.25) is 0 Å². The SMILES string of the molecule is C/C=S(/O)c1ccc2cccc(OCc3ccc(C(=O)OC)cc3)c2c1. The summed E-state index contributed by atoms with van der Waals surface area (Å²) in [6.45, 7) is 2.23. The first-order chi connectivity index (χ1) is 12.6. The van der Waals surface area contributed by atoms with Crippen molar-refractivity contribution in [1.29, 1.82) is 0 Å². The molecule has 0 heterocycles. The maximum atomic E-state index is 11.5. The number of hydrogen-bond donors (Lipinski definition) is 1. The number of carbonyl (C=O) groups is 1. The fourth-order valence-electron chi connectivity index (χ4n) is 2.63. The van der Waals surface area contributed by atoms with Crippen molar-refractivity contribution in [1.82, 2.24) is 0 Å². The summed E-state index contributed by atoms with van der Waals surface area (Å²) in [5, 5.41) is 3.79. The van der Waals surface area contributed by atoms with E-state index < -0.39 is 10.8 Å². The Morgan fingerprint density at radius 2 is 1.88 bits per heavy atom. The van der Waals surface area contributed by atoms with Gasteiger partial charge in [0.15, 0.2) is 0 Å². The molecule has 0 aromatic heterocycles. The van der Waals surface area contributed by atoms with Gasteiger partial charge in [0, 0.05) is 10.3 Å². The molecule has 3 rings (SSSR count). The molecule has 0 fully saturated rings. The summed E-state index contributed by atoms with van der Waals surface area (Å²) in [6.07, 6.45) is 0. The predicted molar refractivity (Wildman–Crippen MR) is 106 cm³/mol. The lowest BCUT2D eigenvalue weighted by Gasteiger charge is -2.11. The zero-order valence-corrected chi connectivity index (χ0v) is 15.5. The van der Waals surface area contributed by atoms with Crippen LogP contribution < -0.4 is 4.74 Å². The number of carbonyl (C=O) groups excluding carboxylic acids is 1. The Hall–Kier alpha value is -2.63. The molecule has 0 aliphatic carbocycles. The van der Waals surface area contributed by atoms with Gasteiger partial charge in [-0.1, -0.05) is 30.3 Å². The first-order valence-electron chi connectivity index (χ1n) is 8.17. The van der Waals surface area contributed by atoms with Crippen LogP contribution in [0.25, 0.3) is 10.8 Å². The fourth-order valence-corrected chi connectivity index (χ4v) is 3.35. The molecule has 3 aromatic rings. The lowest BCUT2D eigenvalue weighted by Crippen LogP contribution is -2.02. The van der Waals surface area contributed by atoms with Gasteiger partial charge in [0.2, 0.25) is 0 Å². The van der Waals surface area contributed by atoms with E-state index in [2.05, 4.69) is 0 Å². The van der Waals surface area contributed by atoms with Crippen LogP contribution in [0.5, 0.6) is 5.75 Å². The highest BCUT2D eigenvalue weighted by molar-refractivity contribution is 8.10. The Bertz CT molecular complexity index is 961. The quantitative estimate of drug-likeness (QED) is 0.501. The van der Waals surface area contributed by atoms with Crippen LogP contribution in [0.3, 0.4) is 0 Å². The second-order valence-electron chi connectivity index (χ2n) is 5.67. The second-order valence-corrected chi connectivity index (χ2v) is 7.24. The summed E-state index contributed by atoms with van der Waals surface area (Å²) in [6, 6.07) is 18.9. The minimum Gasteiger partial charge on any atom is -0.488 e. The molecule has 0 saturated carbocycles. The molecule has 0 saturated heterocycles. The van der Waals surface area contributed by atoms with Crippen LogP contribution in [0, 0.1) is 0 Å². The molecular formula is C21H20O4S. The summed E-state index contributed by atoms with van der Waals surface area (Å²) in [5.41, 5.74) is 1.46. The smallest absolute Gasteiger partial charge is 0.337 e. The molecule has 0 spiro atoms. The van der Waals surface area contributed by atoms with Crippen molar-refractivity contribution in [2.24, 2.45) is 0 Å². The molecule has 26 heavy (non-hydrogen) atoms. The maximum Gasteiger partial charge on any atom is 0.337 e. The first-order valence-corrected chi connectivity index (χ1v) is 9.41. The van der Waals surface area contributed by atoms with Gasteiger partial charge >= 0.3 is 5.97 Å². The predicted octanol–water partition coefficient (Wildman–Crippen LogP) is 5.13. The van der Waals surface area contributed by atoms with Crippen LogP contribution in [0.15, 0.2) is 65.6 Å². The zero-order chi connectivity index (χ0) is 18.5. The Morgan fingerprint density at radius 3 is 2.58 bits per heavy atom. The summed E-state index contributed by atoms with van der Waals surface area (Å²) in [7, 11) is 0.486. The first kappa shape index (κ1) is 18.2. The largest absolute Gasteiger partial charge is 0.488 e. The Balaban J connectivity index is 1.83. The van der Waals surface area contributed by atoms with Gasteiger partial charge in [-0.3, -0.25) is 0 Å². The summed E-state index contributed by atoms with van der Waals surface area (Å²) in [5.74, 6) is 0.403. The van der Waals surface area contributed by atoms with Crippen LogP contribution in [0.4, 0.5) is 0 Å². The molecule has 0 radical (unpaired) electrons. The molecular weight excluding hydrogens is 348 g/mol. The molecule has 134 valence electrons. The van der Waals surface area contributed by atoms with Crippen LogP contribution in [-0.4, -0.2) is 23.0 Å². The van der Waals surface area contributed by atoms with Crippen LogP contribution >= 0.6 is 10.8 Å². The third-order valence-corrected chi connectivity index (χ3v) is 5.23. The van der Waals surface area contributed by atoms with E-state index in [0.29, 0.717) is 12.2 Å². The van der Waals surface area contributed by atoms with Gasteiger partial charge in [-0.2, -0.15) is 0 Å². The van der Waals surface area contributed by atoms with Crippen molar-refractivity contribution in [2.75, 3.05) is 7.11 Å². The van der Waals surface area contributed by atoms with Crippen molar-refractivity contribution >= 4 is 32.9 Å². The fraction of sp³-hybridized carbons (Fsp3) is 0.143. The normalized spacial score (nSPS) is 12.1. The second kappa shape index (κ2) is 8.17. The maximum absolute atomic E-state index is 11.5. The number of methoxy groups -OCH3 is 1. The van der Waals surface area contributed by atoms with Gasteiger partial charge in [0.1, 0.15) is 12.4 Å². The molecule has 1 N–H and O–H groups in total. The number of esters is 1. The third-order valence-electron chi connectivity index (χ3n) is 4.05. The molecule has 4 nitrogen and oxygen atoms in total. The van der Waals surface area contributed by atoms with Crippen molar-refractivity contribution in [3.05, 3.63) is 71.8 Å². The molecule has 0 aliphatic heterocycles. The summed E-state index contributed by atoms with van der Waals surface area (Å²) in [4.78, 5) is 12.3. The van der Waals surface area contributed by atoms with E-state index >= 15 is 0 Å². The molecule has 5 heteroatoms. The lowest BCUT2D eigenvalue weighted by atomic mass is 10.1. The number of hydrogen-bond acceptors (Lipinski definition) is 4. The van der Waals surface area contributed by atoms with Crippen LogP contribution in [-0.2, 0) is 11.3 Å². The topological polar surface area (TPSA) is 55.8 Å². The minimum atomic E-state index is -0.877. The molecule has 0 bridgehead atoms. The number of rotatable bonds is 5. The minimum absolute atomic E-state index is 0.355. The van der Waals surface area contributed by atoms with Gasteiger partial charge in [-0.25, -0.2) is 4.79 Å². The van der Waals surface area contributed by atoms with Crippen molar-refractivity contribution in [3.63, 3.8) is 0 Å². The van der Waals surface area contributed by atoms with E-state index in [9.17, 15) is 9.35 Å². The van der Waals surface area contributed by atoms with Crippen molar-refractivity contribution in [2.45, 2.75) is 18.4 Å². The zero-order valence-electron chi connectivity index (χ0n) is 14.6. The number of fused-ring (bicyclic) bond motifs is 1. The van der Waals surface area contributed by atoms with Gasteiger partial charge in [0.25, 0.3) is 0 Å². The monoisotopic (exact) mass is 368 g/mol. The van der Waals surface area contributed by atoms with E-state index in [-0.39, 0.29) is 5.97 Å². The highest BCUT2D eigenvalue weighted by Gasteiger charge is 2.07. The Morgan fingerprint density at radius 1 is 1.12 bits per heavy atom. The molecule has 1 unspecified atom stereocenters. The average molecular weight is 368 g/mol. The van der Waals surface area contributed by atoms with E-state index in [4.69, 9.17) is 9.47 Å². The van der Waals surface area contributed by atoms with E-state index in [1.54, 1.807) is 17.5 Å². The molecule has 3 aromatic carbocycles. The Kier molecular flexibility index (Phi) is 5.71. The van der Waals surface area contributed by atoms with E-state index in [1.807, 2.05) is 55.5 Å². The van der Waals surface area contributed by atoms with Crippen molar-refractivity contribution in [3.8, 4) is 5.75 Å². The average Bonchev–Trinajstić information content (AvgIpc) is 2.71. The highest BCUT2D eigenvalue weighted by Crippen LogP contribution is 2.32. The summed E-state index contributed by atoms with van der Waals surface area (Å²) < 4.78 is 20.8. The Labute approximate surface area is 155 Å². The number of benzene rings is 3. The van der Waals surface area contributed by atoms with Crippen LogP contribution in [0.1, 0.15) is 22.8 Å². The summed E-state index contributed by atoms with van der Waals surface area (Å²) >= 11 is 0. The van der Waals surface area contributed by atoms with Gasteiger partial charge < -0.3 is 14.0 Å². The standard InChI is InChI=1S/C21H20O4S/c1-3-26(23)18-12-11-16-5-4-6-20(19(16)13-18)25-14-15-7-9-17(10-8-15)21(22)24-2/h3-13,23H,14H2,1-2H3. The molecule has 1 atom stereocenters. The highest BCUT2D eigenvalue weighted by atomic mass is 32.2. The van der Waals surface area contributed by atoms with Crippen molar-refractivity contribution < 1.29 is 18.8 Å². The van der Waals surface area contributed by atoms with Gasteiger partial charge in [-0.05, 0) is 64.3 Å². The van der Waals surface area contributed by atoms with Gasteiger partial charge in [-0.15, -0.1) is 0 Å². The third kappa shape index (κ3) is 3.95. The van der Waals surface area contributed by atoms with E-state index in [0.717, 1.165) is 27.0 Å². The lowest BCUT2D eigenvalue weighted by molar-refractivity contribution is 0.0600. The van der Waals surface area contributed by atoms with E-state index in [1.165, 1.54) is 7.11 Å². The molecule has 0 amide bonds.